The van der Waals surface area contributed by atoms with Gasteiger partial charge in [-0.1, -0.05) is 132 Å². The fourth-order valence-corrected chi connectivity index (χ4v) is 15.2. The number of carbonyl (C=O) groups is 5. The molecule has 0 spiro atoms. The van der Waals surface area contributed by atoms with Crippen molar-refractivity contribution in [2.45, 2.75) is 56.5 Å². The highest BCUT2D eigenvalue weighted by Gasteiger charge is 2.24. The first-order valence-corrected chi connectivity index (χ1v) is 43.8. The smallest absolute Gasteiger partial charge is 0.251 e. The van der Waals surface area contributed by atoms with E-state index in [-0.39, 0.29) is 69.6 Å². The Hall–Kier alpha value is -15.5. The highest BCUT2D eigenvalue weighted by molar-refractivity contribution is 7.90. The zero-order valence-corrected chi connectivity index (χ0v) is 75.4. The lowest BCUT2D eigenvalue weighted by Gasteiger charge is -2.16. The zero-order valence-electron chi connectivity index (χ0n) is 71.8. The Balaban J connectivity index is 0.000000160. The Labute approximate surface area is 782 Å². The molecule has 11 N–H and O–H groups in total. The van der Waals surface area contributed by atoms with Gasteiger partial charge in [0.1, 0.15) is 29.1 Å². The summed E-state index contributed by atoms with van der Waals surface area (Å²) in [6, 6.07) is 88.8. The number of Topliss-reactive ketones (excluding diaryl/α,β-unsaturated/α-hetero) is 1. The number of hydrogen-bond acceptors (Lipinski definition) is 17. The van der Waals surface area contributed by atoms with Gasteiger partial charge in [-0.15, -0.1) is 0 Å². The summed E-state index contributed by atoms with van der Waals surface area (Å²) in [5, 5.41) is 35.2. The number of primary amides is 3. The number of phenols is 2. The van der Waals surface area contributed by atoms with Gasteiger partial charge in [0.05, 0.1) is 51.3 Å². The third-order valence-corrected chi connectivity index (χ3v) is 22.7. The number of aromatic amines is 1. The van der Waals surface area contributed by atoms with Crippen LogP contribution < -0.4 is 27.8 Å². The number of aromatic nitrogens is 11. The number of nitrogens with two attached hydrogens (primary N) is 3. The van der Waals surface area contributed by atoms with Gasteiger partial charge in [-0.05, 0) is 235 Å². The van der Waals surface area contributed by atoms with Crippen molar-refractivity contribution in [2.24, 2.45) is 23.1 Å². The molecular weight excluding hydrogens is 1740 g/mol. The molecule has 0 bridgehead atoms. The van der Waals surface area contributed by atoms with E-state index in [1.165, 1.54) is 24.0 Å². The van der Waals surface area contributed by atoms with Gasteiger partial charge in [0.15, 0.2) is 9.84 Å². The number of hydrogen-bond donors (Lipinski definition) is 8. The molecule has 29 heteroatoms. The normalized spacial score (nSPS) is 11.3. The van der Waals surface area contributed by atoms with Crippen LogP contribution in [0.2, 0.25) is 5.02 Å². The highest BCUT2D eigenvalue weighted by Crippen LogP contribution is 2.38. The molecule has 8 aromatic carbocycles. The first-order valence-electron chi connectivity index (χ1n) is 41.5. The molecule has 17 rings (SSSR count). The van der Waals surface area contributed by atoms with Crippen molar-refractivity contribution in [2.75, 3.05) is 12.8 Å². The second-order valence-corrected chi connectivity index (χ2v) is 33.1. The first-order chi connectivity index (χ1) is 63.0. The van der Waals surface area contributed by atoms with Crippen LogP contribution in [0.3, 0.4) is 0 Å². The second kappa shape index (κ2) is 45.5. The maximum Gasteiger partial charge on any atom is 0.251 e. The second-order valence-electron chi connectivity index (χ2n) is 30.7. The number of carbonyl (C=O) groups excluding carboxylic acids is 5. The molecule has 9 heterocycles. The highest BCUT2D eigenvalue weighted by atomic mass is 35.5. The minimum absolute atomic E-state index is 0. The number of ketones is 1. The molecule has 0 saturated heterocycles. The van der Waals surface area contributed by atoms with Crippen molar-refractivity contribution in [1.29, 1.82) is 0 Å². The van der Waals surface area contributed by atoms with E-state index >= 15 is 0 Å². The van der Waals surface area contributed by atoms with Gasteiger partial charge in [0.2, 0.25) is 17.7 Å². The van der Waals surface area contributed by atoms with Crippen molar-refractivity contribution in [3.8, 4) is 107 Å². The van der Waals surface area contributed by atoms with E-state index in [4.69, 9.17) is 39.0 Å². The monoisotopic (exact) mass is 1830 g/mol. The minimum Gasteiger partial charge on any atom is -0.508 e. The number of nitrogens with one attached hydrogen (secondary N) is 3. The van der Waals surface area contributed by atoms with Gasteiger partial charge in [-0.25, -0.2) is 22.8 Å². The summed E-state index contributed by atoms with van der Waals surface area (Å²) in [5.41, 5.74) is 38.3. The lowest BCUT2D eigenvalue weighted by molar-refractivity contribution is -0.127. The number of nitrogens with zero attached hydrogens (tertiary/aromatic N) is 10. The largest absolute Gasteiger partial charge is 0.508 e. The Kier molecular flexibility index (Phi) is 33.0. The van der Waals surface area contributed by atoms with E-state index in [1.807, 2.05) is 196 Å². The van der Waals surface area contributed by atoms with Gasteiger partial charge >= 0.3 is 0 Å². The maximum absolute atomic E-state index is 13.1. The fourth-order valence-electron chi connectivity index (χ4n) is 14.5. The molecular formula is C103H95ClN16O9S3. The molecule has 1 unspecified atom stereocenters. The number of sulfone groups is 1. The molecule has 0 aliphatic rings. The van der Waals surface area contributed by atoms with E-state index in [9.17, 15) is 42.6 Å². The van der Waals surface area contributed by atoms with Crippen LogP contribution in [0.4, 0.5) is 0 Å². The fraction of sp³-hybridized carbons (Fsp3) is 0.107. The molecule has 9 aromatic heterocycles. The molecule has 666 valence electrons. The van der Waals surface area contributed by atoms with Crippen LogP contribution >= 0.6 is 38.6 Å². The molecule has 0 fully saturated rings. The van der Waals surface area contributed by atoms with Crippen molar-refractivity contribution >= 4 is 77.8 Å². The number of aryl methyl sites for hydroxylation is 3. The number of amides is 4. The summed E-state index contributed by atoms with van der Waals surface area (Å²) < 4.78 is 29.4. The molecule has 132 heavy (non-hydrogen) atoms. The van der Waals surface area contributed by atoms with Crippen LogP contribution in [0.1, 0.15) is 60.8 Å². The zero-order chi connectivity index (χ0) is 91.0. The molecule has 0 radical (unpaired) electrons. The number of pyridine rings is 5. The van der Waals surface area contributed by atoms with E-state index in [2.05, 4.69) is 89.9 Å². The Bertz CT molecular complexity index is 6830. The molecule has 25 nitrogen and oxygen atoms in total. The van der Waals surface area contributed by atoms with Crippen molar-refractivity contribution in [3.05, 3.63) is 403 Å². The van der Waals surface area contributed by atoms with Crippen LogP contribution in [0.15, 0.2) is 358 Å². The molecule has 0 aliphatic heterocycles. The van der Waals surface area contributed by atoms with Gasteiger partial charge in [0, 0.05) is 154 Å². The van der Waals surface area contributed by atoms with Crippen LogP contribution in [-0.4, -0.2) is 121 Å². The molecule has 4 amide bonds. The standard InChI is InChI=1S/C33H31N5O3.C27H27N5O3.C22H17ClN2O2S.C21H16N4O.2H2S/c1-22-5-10-27(11-6-22)38-28(21-30(37-38)25-15-17-35-18-16-25)12-7-23-3-2-4-26(19-23)33(41)36-31(32(34)40)20-24-8-13-29(39)14-9-24;28-27(35)21(13-19-8-10-24(33)11-9-19)14-25(34)18-30-17-23-15-26(20-5-4-12-29-16-20)31-32(23)22-6-2-1-3-7-22;1-28(26,27)19-8-4-17(5-9-19)22-20(15-2-6-18(23)7-3-15)14-21(25-22)16-10-12-24-13-11-16;22-21(26)16-8-6-15(7-9-16)19-12-18(17-4-3-10-23-13-17)14-25(19)20-5-1-2-11-24-20;;/h2-6,8-11,13-19,21,31,39H,7,12,20H2,1H3,(H2,34,40)(H,36,41);1-12,15-16,21,30,33H,13-14,17-18H2,(H2,28,35);2-14,25H,1H3;1-14H,(H2,22,26);2*1H2/t;21-;;;;/m.1..../s1. The van der Waals surface area contributed by atoms with Crippen molar-refractivity contribution in [3.63, 3.8) is 0 Å². The Morgan fingerprint density at radius 3 is 1.67 bits per heavy atom. The Morgan fingerprint density at radius 1 is 0.485 bits per heavy atom. The van der Waals surface area contributed by atoms with Crippen LogP contribution in [0, 0.1) is 12.8 Å². The van der Waals surface area contributed by atoms with Gasteiger partial charge in [-0.2, -0.15) is 37.2 Å². The van der Waals surface area contributed by atoms with Crippen LogP contribution in [-0.2, 0) is 56.4 Å². The number of benzene rings is 8. The Morgan fingerprint density at radius 2 is 1.07 bits per heavy atom. The average Bonchev–Trinajstić information content (AvgIpc) is 1.60. The third kappa shape index (κ3) is 25.7. The first kappa shape index (κ1) is 95.6. The topological polar surface area (TPSA) is 383 Å². The summed E-state index contributed by atoms with van der Waals surface area (Å²) in [6.45, 7) is 2.56. The summed E-state index contributed by atoms with van der Waals surface area (Å²) in [7, 11) is -3.24. The number of rotatable bonds is 29. The maximum atomic E-state index is 13.1. The van der Waals surface area contributed by atoms with E-state index in [0.717, 1.165) is 124 Å². The number of aromatic hydroxyl groups is 2. The van der Waals surface area contributed by atoms with Crippen molar-refractivity contribution < 1.29 is 42.6 Å². The lowest BCUT2D eigenvalue weighted by Crippen LogP contribution is -2.45. The molecule has 17 aromatic rings. The van der Waals surface area contributed by atoms with Crippen LogP contribution in [0.25, 0.3) is 95.7 Å². The molecule has 0 aliphatic carbocycles. The number of phenolic OH excluding ortho intramolecular Hbond substituents is 2. The molecule has 0 saturated carbocycles. The minimum atomic E-state index is -3.24. The van der Waals surface area contributed by atoms with Crippen LogP contribution in [0.5, 0.6) is 11.5 Å². The van der Waals surface area contributed by atoms with E-state index in [1.54, 1.807) is 116 Å². The predicted molar refractivity (Wildman–Crippen MR) is 525 cm³/mol. The summed E-state index contributed by atoms with van der Waals surface area (Å²) in [6.07, 6.45) is 21.1. The number of para-hydroxylation sites is 1. The van der Waals surface area contributed by atoms with Crippen molar-refractivity contribution in [1.82, 2.24) is 64.7 Å². The van der Waals surface area contributed by atoms with Gasteiger partial charge < -0.3 is 47.6 Å². The lowest BCUT2D eigenvalue weighted by atomic mass is 9.93. The summed E-state index contributed by atoms with van der Waals surface area (Å²) in [4.78, 5) is 85.8. The van der Waals surface area contributed by atoms with E-state index < -0.39 is 39.5 Å². The molecule has 2 atom stereocenters. The predicted octanol–water partition coefficient (Wildman–Crippen LogP) is 17.0. The SMILES string of the molecule is CS(=O)(=O)c1ccc(-c2[nH]c(-c3ccncc3)cc2-c2ccc(Cl)cc2)cc1.Cc1ccc(-n2nc(-c3ccncc3)cc2CCc2cccc(C(=O)NC(Cc3ccc(O)cc3)C(N)=O)c2)cc1.NC(=O)[C@@H](CC(=O)CNCc1cc(-c2cccnc2)nn1-c1ccccc1)Cc1ccc(O)cc1.NC(=O)c1ccc(-c2cc(-c3cccnc3)cn2-c2ccccn2)cc1.S.S. The summed E-state index contributed by atoms with van der Waals surface area (Å²) in [5.74, 6) is -1.59. The number of H-pyrrole nitrogens is 1. The third-order valence-electron chi connectivity index (χ3n) is 21.3. The average molecular weight is 1830 g/mol. The van der Waals surface area contributed by atoms with Gasteiger partial charge in [0.25, 0.3) is 5.91 Å². The quantitative estimate of drug-likeness (QED) is 0.0216. The van der Waals surface area contributed by atoms with Gasteiger partial charge in [-0.3, -0.25) is 43.9 Å². The number of halogens is 1. The summed E-state index contributed by atoms with van der Waals surface area (Å²) >= 11 is 6.05. The van der Waals surface area contributed by atoms with E-state index in [0.29, 0.717) is 46.9 Å².